The van der Waals surface area contributed by atoms with Crippen molar-refractivity contribution in [2.24, 2.45) is 0 Å². The van der Waals surface area contributed by atoms with Gasteiger partial charge in [0.15, 0.2) is 0 Å². The molecule has 18 heavy (non-hydrogen) atoms. The largest absolute Gasteiger partial charge is 0.480 e. The van der Waals surface area contributed by atoms with E-state index in [-0.39, 0.29) is 0 Å². The molecule has 1 N–H and O–H groups in total. The zero-order chi connectivity index (χ0) is 14.1. The molecule has 0 radical (unpaired) electrons. The van der Waals surface area contributed by atoms with Crippen LogP contribution < -0.4 is 0 Å². The highest BCUT2D eigenvalue weighted by Gasteiger charge is 2.32. The van der Waals surface area contributed by atoms with Crippen LogP contribution in [0, 0.1) is 21.7 Å². The third kappa shape index (κ3) is 2.95. The van der Waals surface area contributed by atoms with E-state index in [0.717, 1.165) is 0 Å². The molecule has 0 saturated heterocycles. The van der Waals surface area contributed by atoms with Crippen molar-refractivity contribution < 1.29 is 23.6 Å². The van der Waals surface area contributed by atoms with Gasteiger partial charge in [-0.1, -0.05) is 0 Å². The first-order valence-corrected chi connectivity index (χ1v) is 5.52. The van der Waals surface area contributed by atoms with Gasteiger partial charge < -0.3 is 5.11 Å². The predicted molar refractivity (Wildman–Crippen MR) is 60.6 cm³/mol. The molecule has 0 bridgehead atoms. The Kier molecular flexibility index (Phi) is 3.90. The van der Waals surface area contributed by atoms with E-state index < -0.39 is 37.9 Å². The van der Waals surface area contributed by atoms with Crippen LogP contribution >= 0.6 is 11.8 Å². The number of aliphatic carboxylic acids is 1. The molecule has 1 aromatic carbocycles. The predicted octanol–water partition coefficient (Wildman–Crippen LogP) is 2.83. The monoisotopic (exact) mass is 277 g/mol. The molecule has 0 aliphatic rings. The quantitative estimate of drug-likeness (QED) is 0.520. The fraction of sp³-hybridized carbons (Fsp3) is 0.300. The summed E-state index contributed by atoms with van der Waals surface area (Å²) in [6.45, 7) is 2.56. The van der Waals surface area contributed by atoms with E-state index in [1.165, 1.54) is 13.8 Å². The number of carbonyl (C=O) groups is 1. The standard InChI is InChI=1S/C10H9F2NO4S/c1-10(2,9(14)15)18-8-6(11)3-5(13(16)17)4-7(8)12/h3-4H,1-2H3,(H,14,15). The number of hydrogen-bond donors (Lipinski definition) is 1. The summed E-state index contributed by atoms with van der Waals surface area (Å²) in [5, 5.41) is 19.2. The number of nitro groups is 1. The molecule has 0 amide bonds. The SMILES string of the molecule is CC(C)(Sc1c(F)cc([N+](=O)[O-])cc1F)C(=O)O. The number of carboxylic acid groups (broad SMARTS) is 1. The average Bonchev–Trinajstić information content (AvgIpc) is 2.22. The van der Waals surface area contributed by atoms with Crippen LogP contribution in [-0.2, 0) is 4.79 Å². The molecule has 0 aliphatic carbocycles. The molecule has 8 heteroatoms. The summed E-state index contributed by atoms with van der Waals surface area (Å²) in [6.07, 6.45) is 0. The zero-order valence-corrected chi connectivity index (χ0v) is 10.3. The maximum atomic E-state index is 13.5. The highest BCUT2D eigenvalue weighted by atomic mass is 32.2. The lowest BCUT2D eigenvalue weighted by molar-refractivity contribution is -0.385. The molecule has 0 fully saturated rings. The van der Waals surface area contributed by atoms with E-state index in [1.54, 1.807) is 0 Å². The number of non-ortho nitro benzene ring substituents is 1. The van der Waals surface area contributed by atoms with Gasteiger partial charge in [-0.3, -0.25) is 14.9 Å². The Morgan fingerprint density at radius 2 is 1.83 bits per heavy atom. The van der Waals surface area contributed by atoms with E-state index in [9.17, 15) is 23.7 Å². The molecule has 1 rings (SSSR count). The fourth-order valence-corrected chi connectivity index (χ4v) is 1.96. The second-order valence-electron chi connectivity index (χ2n) is 3.91. The van der Waals surface area contributed by atoms with E-state index in [4.69, 9.17) is 5.11 Å². The highest BCUT2D eigenvalue weighted by Crippen LogP contribution is 2.37. The van der Waals surface area contributed by atoms with Gasteiger partial charge in [0.05, 0.1) is 22.0 Å². The minimum absolute atomic E-state index is 0.456. The lowest BCUT2D eigenvalue weighted by Crippen LogP contribution is -2.27. The number of benzene rings is 1. The van der Waals surface area contributed by atoms with Gasteiger partial charge in [-0.2, -0.15) is 0 Å². The maximum absolute atomic E-state index is 13.5. The van der Waals surface area contributed by atoms with Crippen LogP contribution in [0.4, 0.5) is 14.5 Å². The Balaban J connectivity index is 3.20. The van der Waals surface area contributed by atoms with Crippen molar-refractivity contribution in [2.75, 3.05) is 0 Å². The summed E-state index contributed by atoms with van der Waals surface area (Å²) in [5.41, 5.74) is -0.720. The van der Waals surface area contributed by atoms with Crippen LogP contribution in [0.2, 0.25) is 0 Å². The number of thioether (sulfide) groups is 1. The maximum Gasteiger partial charge on any atom is 0.319 e. The van der Waals surface area contributed by atoms with Crippen LogP contribution in [0.5, 0.6) is 0 Å². The van der Waals surface area contributed by atoms with Crippen molar-refractivity contribution in [3.63, 3.8) is 0 Å². The Hall–Kier alpha value is -1.70. The number of hydrogen-bond acceptors (Lipinski definition) is 4. The minimum Gasteiger partial charge on any atom is -0.480 e. The lowest BCUT2D eigenvalue weighted by Gasteiger charge is -2.18. The van der Waals surface area contributed by atoms with Gasteiger partial charge in [0.1, 0.15) is 16.4 Å². The van der Waals surface area contributed by atoms with Crippen molar-refractivity contribution >= 4 is 23.4 Å². The van der Waals surface area contributed by atoms with Gasteiger partial charge in [0.25, 0.3) is 5.69 Å². The van der Waals surface area contributed by atoms with Crippen molar-refractivity contribution in [3.05, 3.63) is 33.9 Å². The van der Waals surface area contributed by atoms with Gasteiger partial charge in [-0.15, -0.1) is 11.8 Å². The Bertz CT molecular complexity index is 496. The molecule has 98 valence electrons. The van der Waals surface area contributed by atoms with Crippen molar-refractivity contribution in [2.45, 2.75) is 23.5 Å². The third-order valence-electron chi connectivity index (χ3n) is 2.07. The summed E-state index contributed by atoms with van der Waals surface area (Å²) in [4.78, 5) is 19.8. The second-order valence-corrected chi connectivity index (χ2v) is 5.55. The molecule has 0 aliphatic heterocycles. The van der Waals surface area contributed by atoms with Gasteiger partial charge >= 0.3 is 5.97 Å². The summed E-state index contributed by atoms with van der Waals surface area (Å²) in [5.74, 6) is -3.55. The summed E-state index contributed by atoms with van der Waals surface area (Å²) < 4.78 is 25.6. The van der Waals surface area contributed by atoms with Crippen LogP contribution in [0.15, 0.2) is 17.0 Å². The molecular weight excluding hydrogens is 268 g/mol. The molecule has 5 nitrogen and oxygen atoms in total. The van der Waals surface area contributed by atoms with E-state index in [1.807, 2.05) is 0 Å². The van der Waals surface area contributed by atoms with E-state index in [0.29, 0.717) is 23.9 Å². The minimum atomic E-state index is -1.45. The van der Waals surface area contributed by atoms with Crippen LogP contribution in [0.3, 0.4) is 0 Å². The fourth-order valence-electron chi connectivity index (χ4n) is 1.05. The number of rotatable bonds is 4. The molecule has 0 saturated carbocycles. The molecule has 0 unspecified atom stereocenters. The number of halogens is 2. The first-order valence-electron chi connectivity index (χ1n) is 4.71. The molecule has 0 spiro atoms. The van der Waals surface area contributed by atoms with Gasteiger partial charge in [-0.05, 0) is 13.8 Å². The van der Waals surface area contributed by atoms with Crippen molar-refractivity contribution in [1.29, 1.82) is 0 Å². The molecule has 0 aromatic heterocycles. The first kappa shape index (κ1) is 14.4. The van der Waals surface area contributed by atoms with Crippen LogP contribution in [-0.4, -0.2) is 20.7 Å². The Morgan fingerprint density at radius 3 is 2.17 bits per heavy atom. The number of carboxylic acids is 1. The Labute approximate surface area is 105 Å². The Morgan fingerprint density at radius 1 is 1.39 bits per heavy atom. The van der Waals surface area contributed by atoms with E-state index >= 15 is 0 Å². The lowest BCUT2D eigenvalue weighted by atomic mass is 10.2. The second kappa shape index (κ2) is 4.89. The van der Waals surface area contributed by atoms with Crippen LogP contribution in [0.25, 0.3) is 0 Å². The highest BCUT2D eigenvalue weighted by molar-refractivity contribution is 8.01. The molecule has 0 atom stereocenters. The number of nitro benzene ring substituents is 1. The number of nitrogens with zero attached hydrogens (tertiary/aromatic N) is 1. The first-order chi connectivity index (χ1) is 8.15. The van der Waals surface area contributed by atoms with Crippen LogP contribution in [0.1, 0.15) is 13.8 Å². The molecule has 1 aromatic rings. The third-order valence-corrected chi connectivity index (χ3v) is 3.35. The van der Waals surface area contributed by atoms with E-state index in [2.05, 4.69) is 0 Å². The van der Waals surface area contributed by atoms with Gasteiger partial charge in [0.2, 0.25) is 0 Å². The normalized spacial score (nSPS) is 11.3. The topological polar surface area (TPSA) is 80.4 Å². The smallest absolute Gasteiger partial charge is 0.319 e. The summed E-state index contributed by atoms with van der Waals surface area (Å²) in [7, 11) is 0. The van der Waals surface area contributed by atoms with Crippen molar-refractivity contribution in [1.82, 2.24) is 0 Å². The van der Waals surface area contributed by atoms with Crippen molar-refractivity contribution in [3.8, 4) is 0 Å². The summed E-state index contributed by atoms with van der Waals surface area (Å²) in [6, 6.07) is 1.12. The van der Waals surface area contributed by atoms with Gasteiger partial charge in [-0.25, -0.2) is 8.78 Å². The van der Waals surface area contributed by atoms with Gasteiger partial charge in [0, 0.05) is 0 Å². The average molecular weight is 277 g/mol. The zero-order valence-electron chi connectivity index (χ0n) is 9.44. The molecular formula is C10H9F2NO4S. The summed E-state index contributed by atoms with van der Waals surface area (Å²) >= 11 is 0.456. The molecule has 0 heterocycles.